The lowest BCUT2D eigenvalue weighted by Gasteiger charge is -2.30. The molecule has 1 aliphatic heterocycles. The fourth-order valence-corrected chi connectivity index (χ4v) is 3.46. The molecular formula is C19H17ClN2O. The van der Waals surface area contributed by atoms with Crippen LogP contribution in [0.25, 0.3) is 0 Å². The summed E-state index contributed by atoms with van der Waals surface area (Å²) in [4.78, 5) is 0. The molecule has 1 aliphatic rings. The maximum Gasteiger partial charge on any atom is 0.121 e. The molecule has 2 heterocycles. The maximum atomic E-state index is 6.35. The number of nitrogens with zero attached hydrogens (tertiary/aromatic N) is 2. The smallest absolute Gasteiger partial charge is 0.121 e. The molecule has 0 radical (unpaired) electrons. The van der Waals surface area contributed by atoms with Crippen LogP contribution in [0.2, 0.25) is 5.02 Å². The topological polar surface area (TPSA) is 27.1 Å². The lowest BCUT2D eigenvalue weighted by Crippen LogP contribution is -2.29. The highest BCUT2D eigenvalue weighted by Crippen LogP contribution is 2.44. The van der Waals surface area contributed by atoms with E-state index < -0.39 is 5.60 Å². The Morgan fingerprint density at radius 2 is 1.91 bits per heavy atom. The molecule has 3 nitrogen and oxygen atoms in total. The lowest BCUT2D eigenvalue weighted by molar-refractivity contribution is -0.0151. The number of hydrogen-bond donors (Lipinski definition) is 0. The van der Waals surface area contributed by atoms with E-state index in [4.69, 9.17) is 16.3 Å². The third kappa shape index (κ3) is 2.56. The fraction of sp³-hybridized carbons (Fsp3) is 0.211. The number of hydrogen-bond acceptors (Lipinski definition) is 2. The number of aryl methyl sites for hydroxylation is 1. The van der Waals surface area contributed by atoms with E-state index >= 15 is 0 Å². The Labute approximate surface area is 140 Å². The van der Waals surface area contributed by atoms with E-state index in [1.807, 2.05) is 29.1 Å². The molecule has 0 bridgehead atoms. The van der Waals surface area contributed by atoms with Crippen LogP contribution in [-0.4, -0.2) is 9.78 Å². The van der Waals surface area contributed by atoms with Gasteiger partial charge in [0, 0.05) is 30.4 Å². The van der Waals surface area contributed by atoms with Crippen molar-refractivity contribution < 1.29 is 4.74 Å². The van der Waals surface area contributed by atoms with Crippen LogP contribution in [0.5, 0.6) is 0 Å². The molecule has 0 fully saturated rings. The average molecular weight is 325 g/mol. The molecule has 116 valence electrons. The lowest BCUT2D eigenvalue weighted by atomic mass is 9.83. The van der Waals surface area contributed by atoms with Crippen molar-refractivity contribution in [2.24, 2.45) is 0 Å². The van der Waals surface area contributed by atoms with Crippen molar-refractivity contribution in [1.82, 2.24) is 9.78 Å². The van der Waals surface area contributed by atoms with Crippen molar-refractivity contribution in [2.45, 2.75) is 25.2 Å². The van der Waals surface area contributed by atoms with Gasteiger partial charge in [0.05, 0.1) is 6.61 Å². The Bertz CT molecular complexity index is 799. The average Bonchev–Trinajstić information content (AvgIpc) is 3.22. The molecule has 2 aromatic carbocycles. The molecule has 1 atom stereocenters. The molecule has 4 rings (SSSR count). The fourth-order valence-electron chi connectivity index (χ4n) is 3.33. The number of benzene rings is 2. The molecule has 0 saturated heterocycles. The normalized spacial score (nSPS) is 19.7. The van der Waals surface area contributed by atoms with Crippen LogP contribution in [0.4, 0.5) is 0 Å². The van der Waals surface area contributed by atoms with E-state index in [0.717, 1.165) is 23.6 Å². The Balaban J connectivity index is 1.76. The monoisotopic (exact) mass is 324 g/mol. The van der Waals surface area contributed by atoms with E-state index in [1.54, 1.807) is 6.20 Å². The maximum absolute atomic E-state index is 6.35. The van der Waals surface area contributed by atoms with Gasteiger partial charge in [0.1, 0.15) is 5.60 Å². The van der Waals surface area contributed by atoms with Crippen LogP contribution in [0.1, 0.15) is 23.1 Å². The second kappa shape index (κ2) is 5.84. The van der Waals surface area contributed by atoms with Gasteiger partial charge in [-0.25, -0.2) is 0 Å². The molecule has 0 N–H and O–H groups in total. The van der Waals surface area contributed by atoms with Crippen molar-refractivity contribution in [3.8, 4) is 0 Å². The second-order valence-electron chi connectivity index (χ2n) is 5.80. The zero-order valence-corrected chi connectivity index (χ0v) is 13.4. The highest BCUT2D eigenvalue weighted by molar-refractivity contribution is 6.30. The molecular weight excluding hydrogens is 308 g/mol. The molecule has 1 unspecified atom stereocenters. The third-order valence-corrected chi connectivity index (χ3v) is 4.74. The molecule has 1 aromatic heterocycles. The zero-order valence-electron chi connectivity index (χ0n) is 12.7. The quantitative estimate of drug-likeness (QED) is 0.711. The highest BCUT2D eigenvalue weighted by atomic mass is 35.5. The summed E-state index contributed by atoms with van der Waals surface area (Å²) < 4.78 is 8.30. The Kier molecular flexibility index (Phi) is 3.68. The Hall–Kier alpha value is -2.10. The summed E-state index contributed by atoms with van der Waals surface area (Å²) in [5.74, 6) is 0. The van der Waals surface area contributed by atoms with Crippen LogP contribution in [0, 0.1) is 0 Å². The highest BCUT2D eigenvalue weighted by Gasteiger charge is 2.41. The van der Waals surface area contributed by atoms with E-state index in [1.165, 1.54) is 11.1 Å². The summed E-state index contributed by atoms with van der Waals surface area (Å²) in [5, 5.41) is 5.05. The predicted octanol–water partition coefficient (Wildman–Crippen LogP) is 4.40. The van der Waals surface area contributed by atoms with E-state index in [0.29, 0.717) is 6.61 Å². The first-order valence-corrected chi connectivity index (χ1v) is 8.11. The summed E-state index contributed by atoms with van der Waals surface area (Å²) in [7, 11) is 0. The first-order valence-electron chi connectivity index (χ1n) is 7.74. The van der Waals surface area contributed by atoms with Gasteiger partial charge in [-0.05, 0) is 34.9 Å². The number of rotatable bonds is 4. The number of fused-ring (bicyclic) bond motifs is 1. The van der Waals surface area contributed by atoms with Gasteiger partial charge >= 0.3 is 0 Å². The molecule has 4 heteroatoms. The van der Waals surface area contributed by atoms with Crippen LogP contribution >= 0.6 is 11.6 Å². The van der Waals surface area contributed by atoms with Gasteiger partial charge in [-0.2, -0.15) is 5.10 Å². The zero-order chi connectivity index (χ0) is 15.7. The minimum atomic E-state index is -0.437. The van der Waals surface area contributed by atoms with E-state index in [-0.39, 0.29) is 0 Å². The Morgan fingerprint density at radius 3 is 2.70 bits per heavy atom. The molecule has 0 spiro atoms. The van der Waals surface area contributed by atoms with Gasteiger partial charge in [0.2, 0.25) is 0 Å². The number of aromatic nitrogens is 2. The summed E-state index contributed by atoms with van der Waals surface area (Å²) >= 11 is 6.07. The number of ether oxygens (including phenoxy) is 1. The third-order valence-electron chi connectivity index (χ3n) is 4.49. The minimum absolute atomic E-state index is 0.437. The summed E-state index contributed by atoms with van der Waals surface area (Å²) in [5.41, 5.74) is 3.20. The van der Waals surface area contributed by atoms with Gasteiger partial charge < -0.3 is 4.74 Å². The largest absolute Gasteiger partial charge is 0.361 e. The van der Waals surface area contributed by atoms with Crippen molar-refractivity contribution in [3.05, 3.63) is 88.7 Å². The first-order chi connectivity index (χ1) is 11.3. The van der Waals surface area contributed by atoms with Crippen LogP contribution in [0.3, 0.4) is 0 Å². The van der Waals surface area contributed by atoms with Gasteiger partial charge in [0.25, 0.3) is 0 Å². The molecule has 23 heavy (non-hydrogen) atoms. The van der Waals surface area contributed by atoms with Gasteiger partial charge in [-0.3, -0.25) is 4.68 Å². The van der Waals surface area contributed by atoms with Crippen molar-refractivity contribution in [2.75, 3.05) is 0 Å². The van der Waals surface area contributed by atoms with E-state index in [2.05, 4.69) is 41.5 Å². The van der Waals surface area contributed by atoms with Crippen molar-refractivity contribution in [3.63, 3.8) is 0 Å². The summed E-state index contributed by atoms with van der Waals surface area (Å²) in [6.45, 7) is 1.43. The van der Waals surface area contributed by atoms with E-state index in [9.17, 15) is 0 Å². The van der Waals surface area contributed by atoms with Gasteiger partial charge in [-0.15, -0.1) is 0 Å². The van der Waals surface area contributed by atoms with Crippen LogP contribution < -0.4 is 0 Å². The predicted molar refractivity (Wildman–Crippen MR) is 90.3 cm³/mol. The summed E-state index contributed by atoms with van der Waals surface area (Å²) in [6.07, 6.45) is 4.61. The van der Waals surface area contributed by atoms with Crippen LogP contribution in [0.15, 0.2) is 67.0 Å². The van der Waals surface area contributed by atoms with Crippen LogP contribution in [-0.2, 0) is 23.5 Å². The standard InChI is InChI=1S/C19H17ClN2O/c20-17-8-6-16(7-9-17)19(10-13-22-12-3-11-21-22)18-5-2-1-4-15(18)14-23-19/h1-9,11-12H,10,13-14H2. The SMILES string of the molecule is Clc1ccc(C2(CCn3cccn3)OCc3ccccc32)cc1. The van der Waals surface area contributed by atoms with Crippen molar-refractivity contribution >= 4 is 11.6 Å². The Morgan fingerprint density at radius 1 is 1.09 bits per heavy atom. The summed E-state index contributed by atoms with van der Waals surface area (Å²) in [6, 6.07) is 18.4. The van der Waals surface area contributed by atoms with Gasteiger partial charge in [0.15, 0.2) is 0 Å². The minimum Gasteiger partial charge on any atom is -0.361 e. The number of halogens is 1. The molecule has 3 aromatic rings. The molecule has 0 saturated carbocycles. The van der Waals surface area contributed by atoms with Crippen molar-refractivity contribution in [1.29, 1.82) is 0 Å². The first kappa shape index (κ1) is 14.5. The second-order valence-corrected chi connectivity index (χ2v) is 6.24. The molecule has 0 amide bonds. The van der Waals surface area contributed by atoms with Gasteiger partial charge in [-0.1, -0.05) is 48.0 Å². The molecule has 0 aliphatic carbocycles.